The SMILES string of the molecule is COc1ccc(F)cc1C(=O)COC(=O)[C@H]1COc2ccccc2O1. The number of carbonyl (C=O) groups excluding carboxylic acids is 2. The lowest BCUT2D eigenvalue weighted by Crippen LogP contribution is -2.38. The molecule has 25 heavy (non-hydrogen) atoms. The van der Waals surface area contributed by atoms with Crippen LogP contribution in [0, 0.1) is 5.82 Å². The van der Waals surface area contributed by atoms with Gasteiger partial charge in [0.25, 0.3) is 0 Å². The van der Waals surface area contributed by atoms with E-state index in [2.05, 4.69) is 0 Å². The maximum absolute atomic E-state index is 13.3. The molecule has 0 spiro atoms. The summed E-state index contributed by atoms with van der Waals surface area (Å²) < 4.78 is 34.2. The number of fused-ring (bicyclic) bond motifs is 1. The topological polar surface area (TPSA) is 71.1 Å². The van der Waals surface area contributed by atoms with Crippen LogP contribution in [0.25, 0.3) is 0 Å². The third kappa shape index (κ3) is 3.71. The Bertz CT molecular complexity index is 804. The van der Waals surface area contributed by atoms with Crippen molar-refractivity contribution in [2.45, 2.75) is 6.10 Å². The summed E-state index contributed by atoms with van der Waals surface area (Å²) >= 11 is 0. The van der Waals surface area contributed by atoms with Crippen LogP contribution in [0.3, 0.4) is 0 Å². The molecule has 0 N–H and O–H groups in total. The van der Waals surface area contributed by atoms with E-state index in [0.29, 0.717) is 11.5 Å². The zero-order valence-corrected chi connectivity index (χ0v) is 13.4. The molecule has 0 radical (unpaired) electrons. The van der Waals surface area contributed by atoms with Crippen molar-refractivity contribution in [3.8, 4) is 17.2 Å². The molecule has 2 aromatic rings. The molecular formula is C18H15FO6. The van der Waals surface area contributed by atoms with E-state index in [4.69, 9.17) is 18.9 Å². The minimum absolute atomic E-state index is 0.00135. The van der Waals surface area contributed by atoms with Gasteiger partial charge in [0.2, 0.25) is 11.9 Å². The van der Waals surface area contributed by atoms with Crippen LogP contribution < -0.4 is 14.2 Å². The van der Waals surface area contributed by atoms with E-state index < -0.39 is 30.3 Å². The number of benzene rings is 2. The fraction of sp³-hybridized carbons (Fsp3) is 0.222. The molecule has 1 aliphatic rings. The highest BCUT2D eigenvalue weighted by Gasteiger charge is 2.29. The van der Waals surface area contributed by atoms with Crippen molar-refractivity contribution in [3.63, 3.8) is 0 Å². The second-order valence-corrected chi connectivity index (χ2v) is 5.24. The third-order valence-corrected chi connectivity index (χ3v) is 3.58. The number of rotatable bonds is 5. The fourth-order valence-electron chi connectivity index (χ4n) is 2.34. The molecule has 3 rings (SSSR count). The summed E-state index contributed by atoms with van der Waals surface area (Å²) in [6, 6.07) is 10.5. The van der Waals surface area contributed by atoms with Gasteiger partial charge in [0.05, 0.1) is 12.7 Å². The third-order valence-electron chi connectivity index (χ3n) is 3.58. The molecule has 7 heteroatoms. The Morgan fingerprint density at radius 2 is 1.96 bits per heavy atom. The average molecular weight is 346 g/mol. The first kappa shape index (κ1) is 16.8. The second kappa shape index (κ2) is 7.21. The maximum Gasteiger partial charge on any atom is 0.351 e. The quantitative estimate of drug-likeness (QED) is 0.612. The predicted octanol–water partition coefficient (Wildman–Crippen LogP) is 2.40. The van der Waals surface area contributed by atoms with Crippen molar-refractivity contribution < 1.29 is 32.9 Å². The molecule has 0 aromatic heterocycles. The Morgan fingerprint density at radius 3 is 2.72 bits per heavy atom. The highest BCUT2D eigenvalue weighted by Crippen LogP contribution is 2.31. The van der Waals surface area contributed by atoms with Gasteiger partial charge in [0.15, 0.2) is 18.1 Å². The summed E-state index contributed by atoms with van der Waals surface area (Å²) in [5.74, 6) is -0.745. The van der Waals surface area contributed by atoms with E-state index in [9.17, 15) is 14.0 Å². The van der Waals surface area contributed by atoms with Crippen molar-refractivity contribution in [1.82, 2.24) is 0 Å². The lowest BCUT2D eigenvalue weighted by molar-refractivity contribution is -0.153. The van der Waals surface area contributed by atoms with Gasteiger partial charge in [-0.15, -0.1) is 0 Å². The van der Waals surface area contributed by atoms with Crippen LogP contribution >= 0.6 is 0 Å². The van der Waals surface area contributed by atoms with Gasteiger partial charge in [-0.25, -0.2) is 9.18 Å². The number of ether oxygens (including phenoxy) is 4. The van der Waals surface area contributed by atoms with E-state index in [1.807, 2.05) is 0 Å². The number of esters is 1. The number of methoxy groups -OCH3 is 1. The summed E-state index contributed by atoms with van der Waals surface area (Å²) in [4.78, 5) is 24.2. The number of halogens is 1. The van der Waals surface area contributed by atoms with Gasteiger partial charge in [0, 0.05) is 0 Å². The minimum atomic E-state index is -0.975. The molecular weight excluding hydrogens is 331 g/mol. The molecule has 0 bridgehead atoms. The molecule has 1 aliphatic heterocycles. The van der Waals surface area contributed by atoms with Crippen molar-refractivity contribution in [2.75, 3.05) is 20.3 Å². The first-order chi connectivity index (χ1) is 12.1. The fourth-order valence-corrected chi connectivity index (χ4v) is 2.34. The Labute approximate surface area is 143 Å². The van der Waals surface area contributed by atoms with Crippen LogP contribution in [0.1, 0.15) is 10.4 Å². The average Bonchev–Trinajstić information content (AvgIpc) is 2.65. The number of hydrogen-bond donors (Lipinski definition) is 0. The summed E-state index contributed by atoms with van der Waals surface area (Å²) in [6.45, 7) is -0.576. The van der Waals surface area contributed by atoms with E-state index in [0.717, 1.165) is 6.07 Å². The van der Waals surface area contributed by atoms with Crippen molar-refractivity contribution in [2.24, 2.45) is 0 Å². The number of Topliss-reactive ketones (excluding diaryl/α,β-unsaturated/α-hetero) is 1. The molecule has 0 amide bonds. The molecule has 1 heterocycles. The molecule has 2 aromatic carbocycles. The minimum Gasteiger partial charge on any atom is -0.496 e. The maximum atomic E-state index is 13.3. The number of ketones is 1. The molecule has 0 saturated carbocycles. The van der Waals surface area contributed by atoms with Crippen LogP contribution in [-0.2, 0) is 9.53 Å². The second-order valence-electron chi connectivity index (χ2n) is 5.24. The van der Waals surface area contributed by atoms with Crippen molar-refractivity contribution in [3.05, 3.63) is 53.8 Å². The molecule has 0 saturated heterocycles. The van der Waals surface area contributed by atoms with Gasteiger partial charge in [-0.05, 0) is 30.3 Å². The molecule has 130 valence electrons. The van der Waals surface area contributed by atoms with Crippen LogP contribution in [0.15, 0.2) is 42.5 Å². The van der Waals surface area contributed by atoms with Crippen molar-refractivity contribution in [1.29, 1.82) is 0 Å². The smallest absolute Gasteiger partial charge is 0.351 e. The number of para-hydroxylation sites is 2. The number of carbonyl (C=O) groups is 2. The van der Waals surface area contributed by atoms with Gasteiger partial charge < -0.3 is 18.9 Å². The van der Waals surface area contributed by atoms with Gasteiger partial charge in [-0.3, -0.25) is 4.79 Å². The Morgan fingerprint density at radius 1 is 1.20 bits per heavy atom. The van der Waals surface area contributed by atoms with Crippen LogP contribution in [0.5, 0.6) is 17.2 Å². The lowest BCUT2D eigenvalue weighted by atomic mass is 10.1. The summed E-state index contributed by atoms with van der Waals surface area (Å²) in [5.41, 5.74) is 0.00135. The predicted molar refractivity (Wildman–Crippen MR) is 84.6 cm³/mol. The lowest BCUT2D eigenvalue weighted by Gasteiger charge is -2.24. The molecule has 1 atom stereocenters. The first-order valence-corrected chi connectivity index (χ1v) is 7.50. The van der Waals surface area contributed by atoms with Crippen LogP contribution in [0.4, 0.5) is 4.39 Å². The monoisotopic (exact) mass is 346 g/mol. The van der Waals surface area contributed by atoms with Gasteiger partial charge in [-0.2, -0.15) is 0 Å². The largest absolute Gasteiger partial charge is 0.496 e. The highest BCUT2D eigenvalue weighted by molar-refractivity contribution is 6.00. The van der Waals surface area contributed by atoms with E-state index >= 15 is 0 Å². The summed E-state index contributed by atoms with van der Waals surface area (Å²) in [6.07, 6.45) is -0.975. The van der Waals surface area contributed by atoms with Crippen LogP contribution in [0.2, 0.25) is 0 Å². The van der Waals surface area contributed by atoms with E-state index in [1.165, 1.54) is 19.2 Å². The summed E-state index contributed by atoms with van der Waals surface area (Å²) in [7, 11) is 1.36. The van der Waals surface area contributed by atoms with E-state index in [-0.39, 0.29) is 17.9 Å². The Hall–Kier alpha value is -3.09. The van der Waals surface area contributed by atoms with Gasteiger partial charge in [-0.1, -0.05) is 12.1 Å². The number of hydrogen-bond acceptors (Lipinski definition) is 6. The standard InChI is InChI=1S/C18H15FO6/c1-22-14-7-6-11(19)8-12(14)13(20)9-24-18(21)17-10-23-15-4-2-3-5-16(15)25-17/h2-8,17H,9-10H2,1H3/t17-/m1/s1. The molecule has 0 unspecified atom stereocenters. The van der Waals surface area contributed by atoms with Gasteiger partial charge >= 0.3 is 5.97 Å². The summed E-state index contributed by atoms with van der Waals surface area (Å²) in [5, 5.41) is 0. The normalized spacial score (nSPS) is 15.4. The van der Waals surface area contributed by atoms with Gasteiger partial charge in [0.1, 0.15) is 18.2 Å². The van der Waals surface area contributed by atoms with Crippen molar-refractivity contribution >= 4 is 11.8 Å². The molecule has 0 aliphatic carbocycles. The Balaban J connectivity index is 1.61. The first-order valence-electron chi connectivity index (χ1n) is 7.50. The van der Waals surface area contributed by atoms with Crippen LogP contribution in [-0.4, -0.2) is 38.2 Å². The molecule has 0 fully saturated rings. The Kier molecular flexibility index (Phi) is 4.83. The zero-order valence-electron chi connectivity index (χ0n) is 13.4. The highest BCUT2D eigenvalue weighted by atomic mass is 19.1. The zero-order chi connectivity index (χ0) is 17.8. The molecule has 6 nitrogen and oxygen atoms in total. The van der Waals surface area contributed by atoms with E-state index in [1.54, 1.807) is 24.3 Å².